The number of anilines is 2. The largest absolute Gasteiger partial charge is 0.399 e. The van der Waals surface area contributed by atoms with E-state index in [0.29, 0.717) is 21.8 Å². The number of halogens is 2. The Bertz CT molecular complexity index is 329. The van der Waals surface area contributed by atoms with Crippen molar-refractivity contribution >= 4 is 34.6 Å². The molecule has 1 aromatic carbocycles. The number of nitrogens with zero attached hydrogens (tertiary/aromatic N) is 1. The predicted molar refractivity (Wildman–Crippen MR) is 69.0 cm³/mol. The molecule has 0 radical (unpaired) electrons. The summed E-state index contributed by atoms with van der Waals surface area (Å²) in [5.74, 6) is 0. The quantitative estimate of drug-likeness (QED) is 0.823. The summed E-state index contributed by atoms with van der Waals surface area (Å²) in [4.78, 5) is 2.07. The van der Waals surface area contributed by atoms with Gasteiger partial charge in [0.1, 0.15) is 0 Å². The van der Waals surface area contributed by atoms with Gasteiger partial charge in [-0.15, -0.1) is 0 Å². The van der Waals surface area contributed by atoms with Crippen LogP contribution in [0.25, 0.3) is 0 Å². The van der Waals surface area contributed by atoms with E-state index in [1.165, 1.54) is 0 Å². The Labute approximate surface area is 101 Å². The van der Waals surface area contributed by atoms with Gasteiger partial charge in [-0.1, -0.05) is 30.1 Å². The fraction of sp³-hybridized carbons (Fsp3) is 0.455. The number of nitrogens with two attached hydrogens (primary N) is 1. The van der Waals surface area contributed by atoms with Gasteiger partial charge in [-0.3, -0.25) is 0 Å². The second-order valence-corrected chi connectivity index (χ2v) is 4.52. The van der Waals surface area contributed by atoms with Crippen molar-refractivity contribution in [1.29, 1.82) is 0 Å². The summed E-state index contributed by atoms with van der Waals surface area (Å²) in [6.45, 7) is 4.25. The summed E-state index contributed by atoms with van der Waals surface area (Å²) in [5.41, 5.74) is 7.09. The minimum absolute atomic E-state index is 0.392. The van der Waals surface area contributed by atoms with Gasteiger partial charge in [-0.2, -0.15) is 0 Å². The van der Waals surface area contributed by atoms with Crippen LogP contribution in [0.2, 0.25) is 10.0 Å². The van der Waals surface area contributed by atoms with Gasteiger partial charge in [0, 0.05) is 18.8 Å². The molecule has 4 heteroatoms. The van der Waals surface area contributed by atoms with Crippen molar-refractivity contribution in [2.45, 2.75) is 26.3 Å². The summed E-state index contributed by atoms with van der Waals surface area (Å²) in [5, 5.41) is 1.20. The maximum Gasteiger partial charge on any atom is 0.0746 e. The molecule has 0 spiro atoms. The average Bonchev–Trinajstić information content (AvgIpc) is 2.14. The molecule has 1 aromatic rings. The van der Waals surface area contributed by atoms with Gasteiger partial charge in [0.05, 0.1) is 15.7 Å². The van der Waals surface area contributed by atoms with Crippen molar-refractivity contribution in [2.24, 2.45) is 0 Å². The SMILES string of the molecule is CCC(C)N(C)c1c(Cl)cc(N)cc1Cl. The van der Waals surface area contributed by atoms with Gasteiger partial charge in [-0.25, -0.2) is 0 Å². The maximum atomic E-state index is 6.12. The molecule has 0 bridgehead atoms. The van der Waals surface area contributed by atoms with Gasteiger partial charge in [0.25, 0.3) is 0 Å². The third kappa shape index (κ3) is 2.70. The fourth-order valence-corrected chi connectivity index (χ4v) is 2.19. The van der Waals surface area contributed by atoms with Crippen LogP contribution < -0.4 is 10.6 Å². The second-order valence-electron chi connectivity index (χ2n) is 3.70. The Morgan fingerprint density at radius 2 is 1.80 bits per heavy atom. The third-order valence-electron chi connectivity index (χ3n) is 2.64. The second kappa shape index (κ2) is 4.95. The van der Waals surface area contributed by atoms with Crippen molar-refractivity contribution in [3.8, 4) is 0 Å². The molecule has 1 unspecified atom stereocenters. The van der Waals surface area contributed by atoms with Gasteiger partial charge < -0.3 is 10.6 Å². The van der Waals surface area contributed by atoms with Crippen LogP contribution in [0.15, 0.2) is 12.1 Å². The van der Waals surface area contributed by atoms with Gasteiger partial charge in [0.2, 0.25) is 0 Å². The molecule has 0 aliphatic carbocycles. The van der Waals surface area contributed by atoms with E-state index in [1.807, 2.05) is 7.05 Å². The highest BCUT2D eigenvalue weighted by Gasteiger charge is 2.15. The van der Waals surface area contributed by atoms with E-state index in [-0.39, 0.29) is 0 Å². The Kier molecular flexibility index (Phi) is 4.12. The van der Waals surface area contributed by atoms with E-state index in [0.717, 1.165) is 12.1 Å². The molecule has 0 aliphatic rings. The van der Waals surface area contributed by atoms with Crippen molar-refractivity contribution in [3.63, 3.8) is 0 Å². The van der Waals surface area contributed by atoms with Gasteiger partial charge in [-0.05, 0) is 25.5 Å². The molecule has 0 saturated heterocycles. The Hall–Kier alpha value is -0.600. The van der Waals surface area contributed by atoms with Gasteiger partial charge >= 0.3 is 0 Å². The van der Waals surface area contributed by atoms with E-state index < -0.39 is 0 Å². The van der Waals surface area contributed by atoms with Crippen LogP contribution in [0.4, 0.5) is 11.4 Å². The highest BCUT2D eigenvalue weighted by Crippen LogP contribution is 2.36. The van der Waals surface area contributed by atoms with E-state index in [9.17, 15) is 0 Å². The van der Waals surface area contributed by atoms with Crippen molar-refractivity contribution in [2.75, 3.05) is 17.7 Å². The summed E-state index contributed by atoms with van der Waals surface area (Å²) in [7, 11) is 1.98. The minimum atomic E-state index is 0.392. The lowest BCUT2D eigenvalue weighted by Gasteiger charge is -2.28. The monoisotopic (exact) mass is 246 g/mol. The van der Waals surface area contributed by atoms with Gasteiger partial charge in [0.15, 0.2) is 0 Å². The molecule has 0 aliphatic heterocycles. The van der Waals surface area contributed by atoms with E-state index in [2.05, 4.69) is 18.7 Å². The molecule has 2 N–H and O–H groups in total. The number of nitrogen functional groups attached to an aromatic ring is 1. The van der Waals surface area contributed by atoms with Crippen LogP contribution in [0, 0.1) is 0 Å². The van der Waals surface area contributed by atoms with Crippen molar-refractivity contribution in [3.05, 3.63) is 22.2 Å². The van der Waals surface area contributed by atoms with Crippen LogP contribution in [0.5, 0.6) is 0 Å². The molecule has 0 amide bonds. The molecule has 0 fully saturated rings. The minimum Gasteiger partial charge on any atom is -0.399 e. The first kappa shape index (κ1) is 12.5. The lowest BCUT2D eigenvalue weighted by molar-refractivity contribution is 0.664. The molecule has 0 saturated carbocycles. The average molecular weight is 247 g/mol. The zero-order valence-corrected chi connectivity index (χ0v) is 10.7. The Balaban J connectivity index is 3.13. The lowest BCUT2D eigenvalue weighted by Crippen LogP contribution is -2.28. The summed E-state index contributed by atoms with van der Waals surface area (Å²) < 4.78 is 0. The molecule has 1 atom stereocenters. The highest BCUT2D eigenvalue weighted by molar-refractivity contribution is 6.39. The first-order valence-corrected chi connectivity index (χ1v) is 5.70. The molecule has 2 nitrogen and oxygen atoms in total. The zero-order chi connectivity index (χ0) is 11.6. The molecule has 0 heterocycles. The first-order valence-electron chi connectivity index (χ1n) is 4.94. The molecular weight excluding hydrogens is 231 g/mol. The molecule has 15 heavy (non-hydrogen) atoms. The lowest BCUT2D eigenvalue weighted by atomic mass is 10.2. The van der Waals surface area contributed by atoms with Crippen molar-refractivity contribution < 1.29 is 0 Å². The topological polar surface area (TPSA) is 29.3 Å². The standard InChI is InChI=1S/C11H16Cl2N2/c1-4-7(2)15(3)11-9(12)5-8(14)6-10(11)13/h5-7H,4,14H2,1-3H3. The highest BCUT2D eigenvalue weighted by atomic mass is 35.5. The van der Waals surface area contributed by atoms with E-state index in [4.69, 9.17) is 28.9 Å². The van der Waals surface area contributed by atoms with E-state index >= 15 is 0 Å². The maximum absolute atomic E-state index is 6.12. The van der Waals surface area contributed by atoms with Crippen LogP contribution >= 0.6 is 23.2 Å². The normalized spacial score (nSPS) is 12.6. The summed E-state index contributed by atoms with van der Waals surface area (Å²) in [6, 6.07) is 3.84. The molecule has 84 valence electrons. The van der Waals surface area contributed by atoms with Crippen LogP contribution in [0.1, 0.15) is 20.3 Å². The summed E-state index contributed by atoms with van der Waals surface area (Å²) in [6.07, 6.45) is 1.04. The number of hydrogen-bond donors (Lipinski definition) is 1. The zero-order valence-electron chi connectivity index (χ0n) is 9.22. The first-order chi connectivity index (χ1) is 6.97. The number of hydrogen-bond acceptors (Lipinski definition) is 2. The molecule has 0 aromatic heterocycles. The fourth-order valence-electron chi connectivity index (χ4n) is 1.42. The Morgan fingerprint density at radius 1 is 1.33 bits per heavy atom. The smallest absolute Gasteiger partial charge is 0.0746 e. The number of benzene rings is 1. The summed E-state index contributed by atoms with van der Waals surface area (Å²) >= 11 is 12.2. The third-order valence-corrected chi connectivity index (χ3v) is 3.22. The molecule has 1 rings (SSSR count). The number of rotatable bonds is 3. The van der Waals surface area contributed by atoms with Crippen molar-refractivity contribution in [1.82, 2.24) is 0 Å². The predicted octanol–water partition coefficient (Wildman–Crippen LogP) is 3.81. The van der Waals surface area contributed by atoms with Crippen LogP contribution in [0.3, 0.4) is 0 Å². The van der Waals surface area contributed by atoms with E-state index in [1.54, 1.807) is 12.1 Å². The molecular formula is C11H16Cl2N2. The van der Waals surface area contributed by atoms with Crippen LogP contribution in [-0.2, 0) is 0 Å². The van der Waals surface area contributed by atoms with Crippen LogP contribution in [-0.4, -0.2) is 13.1 Å². The Morgan fingerprint density at radius 3 is 2.20 bits per heavy atom.